The summed E-state index contributed by atoms with van der Waals surface area (Å²) in [5.74, 6) is 1.06. The second kappa shape index (κ2) is 3.62. The van der Waals surface area contributed by atoms with Gasteiger partial charge in [0.25, 0.3) is 0 Å². The molecule has 68 valence electrons. The zero-order valence-corrected chi connectivity index (χ0v) is 8.78. The number of benzene rings is 1. The Morgan fingerprint density at radius 3 is 2.62 bits per heavy atom. The van der Waals surface area contributed by atoms with E-state index in [1.165, 1.54) is 5.56 Å². The van der Waals surface area contributed by atoms with E-state index in [9.17, 15) is 4.79 Å². The third-order valence-corrected chi connectivity index (χ3v) is 3.87. The van der Waals surface area contributed by atoms with Gasteiger partial charge in [0.2, 0.25) is 0 Å². The first-order valence-corrected chi connectivity index (χ1v) is 5.39. The Hall–Kier alpha value is -0.630. The number of aldehydes is 1. The third-order valence-electron chi connectivity index (χ3n) is 2.63. The van der Waals surface area contributed by atoms with E-state index in [0.717, 1.165) is 6.29 Å². The largest absolute Gasteiger partial charge is 0.303 e. The van der Waals surface area contributed by atoms with Gasteiger partial charge in [-0.1, -0.05) is 46.3 Å². The molecule has 0 heterocycles. The lowest BCUT2D eigenvalue weighted by Crippen LogP contribution is -1.83. The van der Waals surface area contributed by atoms with Crippen molar-refractivity contribution in [1.29, 1.82) is 0 Å². The SMILES string of the molecule is O=CC[C@H]1[C@H](Br)[C@H]1c1ccccc1. The summed E-state index contributed by atoms with van der Waals surface area (Å²) >= 11 is 3.59. The molecule has 1 aliphatic rings. The zero-order valence-electron chi connectivity index (χ0n) is 7.19. The van der Waals surface area contributed by atoms with E-state index in [4.69, 9.17) is 0 Å². The lowest BCUT2D eigenvalue weighted by Gasteiger charge is -1.96. The molecule has 1 nitrogen and oxygen atoms in total. The van der Waals surface area contributed by atoms with Crippen LogP contribution >= 0.6 is 15.9 Å². The molecular weight excluding hydrogens is 228 g/mol. The Balaban J connectivity index is 2.09. The molecule has 1 aromatic carbocycles. The van der Waals surface area contributed by atoms with Gasteiger partial charge < -0.3 is 4.79 Å². The molecule has 13 heavy (non-hydrogen) atoms. The predicted octanol–water partition coefficient (Wildman–Crippen LogP) is 2.75. The number of hydrogen-bond acceptors (Lipinski definition) is 1. The Labute approximate surface area is 86.3 Å². The van der Waals surface area contributed by atoms with Crippen molar-refractivity contribution in [3.63, 3.8) is 0 Å². The summed E-state index contributed by atoms with van der Waals surface area (Å²) in [7, 11) is 0. The summed E-state index contributed by atoms with van der Waals surface area (Å²) < 4.78 is 0. The van der Waals surface area contributed by atoms with Crippen LogP contribution in [0.3, 0.4) is 0 Å². The van der Waals surface area contributed by atoms with E-state index in [2.05, 4.69) is 28.1 Å². The first-order chi connectivity index (χ1) is 6.34. The number of rotatable bonds is 3. The van der Waals surface area contributed by atoms with Crippen LogP contribution in [0.25, 0.3) is 0 Å². The molecule has 0 N–H and O–H groups in total. The van der Waals surface area contributed by atoms with Gasteiger partial charge in [0.15, 0.2) is 0 Å². The topological polar surface area (TPSA) is 17.1 Å². The van der Waals surface area contributed by atoms with Crippen molar-refractivity contribution >= 4 is 22.2 Å². The smallest absolute Gasteiger partial charge is 0.120 e. The minimum absolute atomic E-state index is 0.500. The minimum Gasteiger partial charge on any atom is -0.303 e. The van der Waals surface area contributed by atoms with Crippen molar-refractivity contribution in [2.75, 3.05) is 0 Å². The maximum absolute atomic E-state index is 10.4. The van der Waals surface area contributed by atoms with Crippen LogP contribution in [-0.4, -0.2) is 11.1 Å². The highest BCUT2D eigenvalue weighted by Gasteiger charge is 2.48. The number of hydrogen-bond donors (Lipinski definition) is 0. The van der Waals surface area contributed by atoms with Crippen LogP contribution in [0.5, 0.6) is 0 Å². The maximum atomic E-state index is 10.4. The van der Waals surface area contributed by atoms with E-state index >= 15 is 0 Å². The van der Waals surface area contributed by atoms with E-state index in [0.29, 0.717) is 23.1 Å². The van der Waals surface area contributed by atoms with Gasteiger partial charge >= 0.3 is 0 Å². The summed E-state index contributed by atoms with van der Waals surface area (Å²) in [4.78, 5) is 10.9. The Morgan fingerprint density at radius 1 is 1.31 bits per heavy atom. The predicted molar refractivity (Wildman–Crippen MR) is 56.1 cm³/mol. The van der Waals surface area contributed by atoms with E-state index in [1.807, 2.05) is 18.2 Å². The molecule has 1 fully saturated rings. The molecule has 0 amide bonds. The molecule has 0 saturated heterocycles. The van der Waals surface area contributed by atoms with Crippen molar-refractivity contribution in [3.05, 3.63) is 35.9 Å². The summed E-state index contributed by atoms with van der Waals surface area (Å²) in [6, 6.07) is 10.4. The molecule has 1 saturated carbocycles. The molecule has 0 radical (unpaired) electrons. The number of carbonyl (C=O) groups excluding carboxylic acids is 1. The quantitative estimate of drug-likeness (QED) is 0.585. The van der Waals surface area contributed by atoms with Gasteiger partial charge in [0, 0.05) is 17.2 Å². The molecule has 2 heteroatoms. The molecule has 1 aliphatic carbocycles. The average molecular weight is 239 g/mol. The van der Waals surface area contributed by atoms with Gasteiger partial charge in [-0.15, -0.1) is 0 Å². The Morgan fingerprint density at radius 2 is 2.00 bits per heavy atom. The molecule has 0 aliphatic heterocycles. The fourth-order valence-corrected chi connectivity index (χ4v) is 2.89. The van der Waals surface area contributed by atoms with Gasteiger partial charge in [0.05, 0.1) is 0 Å². The average Bonchev–Trinajstić information content (AvgIpc) is 2.79. The normalized spacial score (nSPS) is 31.3. The van der Waals surface area contributed by atoms with Crippen LogP contribution in [0.15, 0.2) is 30.3 Å². The summed E-state index contributed by atoms with van der Waals surface area (Å²) in [6.45, 7) is 0. The standard InChI is InChI=1S/C11H11BrO/c12-11-9(6-7-13)10(11)8-4-2-1-3-5-8/h1-5,7,9-11H,6H2/t9-,10+,11+/m1/s1. The molecule has 1 aromatic rings. The fourth-order valence-electron chi connectivity index (χ4n) is 1.83. The van der Waals surface area contributed by atoms with Gasteiger partial charge in [-0.2, -0.15) is 0 Å². The molecule has 2 rings (SSSR count). The van der Waals surface area contributed by atoms with Crippen LogP contribution in [0.2, 0.25) is 0 Å². The molecular formula is C11H11BrO. The molecule has 0 aromatic heterocycles. The minimum atomic E-state index is 0.500. The van der Waals surface area contributed by atoms with Gasteiger partial charge in [-0.05, 0) is 11.5 Å². The van der Waals surface area contributed by atoms with E-state index < -0.39 is 0 Å². The molecule has 0 spiro atoms. The van der Waals surface area contributed by atoms with Crippen molar-refractivity contribution in [2.24, 2.45) is 5.92 Å². The van der Waals surface area contributed by atoms with Gasteiger partial charge in [-0.3, -0.25) is 0 Å². The lowest BCUT2D eigenvalue weighted by molar-refractivity contribution is -0.108. The molecule has 0 bridgehead atoms. The summed E-state index contributed by atoms with van der Waals surface area (Å²) in [5, 5.41) is 0. The fraction of sp³-hybridized carbons (Fsp3) is 0.364. The Kier molecular flexibility index (Phi) is 2.49. The van der Waals surface area contributed by atoms with E-state index in [-0.39, 0.29) is 0 Å². The second-order valence-electron chi connectivity index (χ2n) is 3.45. The van der Waals surface area contributed by atoms with E-state index in [1.54, 1.807) is 0 Å². The van der Waals surface area contributed by atoms with Crippen LogP contribution in [0.4, 0.5) is 0 Å². The molecule has 0 unspecified atom stereocenters. The molecule has 3 atom stereocenters. The highest BCUT2D eigenvalue weighted by molar-refractivity contribution is 9.09. The second-order valence-corrected chi connectivity index (χ2v) is 4.50. The lowest BCUT2D eigenvalue weighted by atomic mass is 10.1. The number of halogens is 1. The van der Waals surface area contributed by atoms with Crippen LogP contribution in [-0.2, 0) is 4.79 Å². The van der Waals surface area contributed by atoms with Crippen LogP contribution < -0.4 is 0 Å². The van der Waals surface area contributed by atoms with Crippen molar-refractivity contribution < 1.29 is 4.79 Å². The zero-order chi connectivity index (χ0) is 9.26. The van der Waals surface area contributed by atoms with Gasteiger partial charge in [0.1, 0.15) is 6.29 Å². The van der Waals surface area contributed by atoms with Crippen molar-refractivity contribution in [3.8, 4) is 0 Å². The van der Waals surface area contributed by atoms with Gasteiger partial charge in [-0.25, -0.2) is 0 Å². The van der Waals surface area contributed by atoms with Crippen LogP contribution in [0.1, 0.15) is 17.9 Å². The van der Waals surface area contributed by atoms with Crippen LogP contribution in [0, 0.1) is 5.92 Å². The Bertz CT molecular complexity index is 296. The maximum Gasteiger partial charge on any atom is 0.120 e. The third kappa shape index (κ3) is 1.68. The summed E-state index contributed by atoms with van der Waals surface area (Å²) in [6.07, 6.45) is 1.69. The monoisotopic (exact) mass is 238 g/mol. The highest BCUT2D eigenvalue weighted by atomic mass is 79.9. The van der Waals surface area contributed by atoms with Crippen molar-refractivity contribution in [1.82, 2.24) is 0 Å². The first kappa shape index (κ1) is 8.95. The summed E-state index contributed by atoms with van der Waals surface area (Å²) in [5.41, 5.74) is 1.34. The highest BCUT2D eigenvalue weighted by Crippen LogP contribution is 2.54. The first-order valence-electron chi connectivity index (χ1n) is 4.47. The van der Waals surface area contributed by atoms with Crippen molar-refractivity contribution in [2.45, 2.75) is 17.2 Å². The number of carbonyl (C=O) groups is 1. The number of alkyl halides is 1.